The smallest absolute Gasteiger partial charge is 0.339 e. The van der Waals surface area contributed by atoms with Crippen molar-refractivity contribution in [3.63, 3.8) is 0 Å². The standard InChI is InChI=1S/C24H19FN2O3/c1-30-24(29)18-10-3-6-12-21(18)26-23(28)19-15-27(22-13-7-4-9-17(19)22)14-16-8-2-5-11-20(16)25/h2-13,15H,14H2,1H3,(H,26,28). The van der Waals surface area contributed by atoms with Crippen LogP contribution in [0.2, 0.25) is 0 Å². The first-order valence-electron chi connectivity index (χ1n) is 9.38. The first-order chi connectivity index (χ1) is 14.6. The van der Waals surface area contributed by atoms with Crippen LogP contribution >= 0.6 is 0 Å². The van der Waals surface area contributed by atoms with Crippen LogP contribution in [0.4, 0.5) is 10.1 Å². The lowest BCUT2D eigenvalue weighted by molar-refractivity contribution is 0.0602. The molecule has 0 saturated heterocycles. The molecule has 4 rings (SSSR count). The highest BCUT2D eigenvalue weighted by atomic mass is 19.1. The summed E-state index contributed by atoms with van der Waals surface area (Å²) in [5.74, 6) is -1.20. The van der Waals surface area contributed by atoms with E-state index in [0.29, 0.717) is 23.4 Å². The molecule has 0 aliphatic heterocycles. The molecule has 0 aliphatic rings. The number of esters is 1. The number of ether oxygens (including phenoxy) is 1. The van der Waals surface area contributed by atoms with Gasteiger partial charge >= 0.3 is 5.97 Å². The molecule has 1 heterocycles. The summed E-state index contributed by atoms with van der Waals surface area (Å²) in [6.07, 6.45) is 1.70. The average molecular weight is 402 g/mol. The number of carbonyl (C=O) groups is 2. The average Bonchev–Trinajstić information content (AvgIpc) is 3.14. The Kier molecular flexibility index (Phi) is 5.30. The van der Waals surface area contributed by atoms with Gasteiger partial charge in [0.1, 0.15) is 5.82 Å². The number of aromatic nitrogens is 1. The molecular weight excluding hydrogens is 383 g/mol. The zero-order valence-corrected chi connectivity index (χ0v) is 16.3. The van der Waals surface area contributed by atoms with E-state index in [0.717, 1.165) is 10.9 Å². The molecule has 1 aromatic heterocycles. The Morgan fingerprint density at radius 2 is 1.63 bits per heavy atom. The largest absolute Gasteiger partial charge is 0.465 e. The molecule has 1 N–H and O–H groups in total. The van der Waals surface area contributed by atoms with E-state index in [1.165, 1.54) is 13.2 Å². The SMILES string of the molecule is COC(=O)c1ccccc1NC(=O)c1cn(Cc2ccccc2F)c2ccccc12. The van der Waals surface area contributed by atoms with Crippen LogP contribution in [0.5, 0.6) is 0 Å². The normalized spacial score (nSPS) is 10.7. The molecule has 0 fully saturated rings. The first kappa shape index (κ1) is 19.4. The molecular formula is C24H19FN2O3. The van der Waals surface area contributed by atoms with E-state index in [-0.39, 0.29) is 17.3 Å². The van der Waals surface area contributed by atoms with Crippen molar-refractivity contribution in [2.75, 3.05) is 12.4 Å². The van der Waals surface area contributed by atoms with Crippen LogP contribution in [-0.4, -0.2) is 23.6 Å². The van der Waals surface area contributed by atoms with Crippen molar-refractivity contribution < 1.29 is 18.7 Å². The van der Waals surface area contributed by atoms with E-state index in [1.54, 1.807) is 48.7 Å². The van der Waals surface area contributed by atoms with Crippen LogP contribution < -0.4 is 5.32 Å². The number of anilines is 1. The lowest BCUT2D eigenvalue weighted by Gasteiger charge is -2.09. The Balaban J connectivity index is 1.71. The molecule has 6 heteroatoms. The molecule has 0 atom stereocenters. The fraction of sp³-hybridized carbons (Fsp3) is 0.0833. The van der Waals surface area contributed by atoms with Gasteiger partial charge in [-0.05, 0) is 24.3 Å². The van der Waals surface area contributed by atoms with Gasteiger partial charge in [0.2, 0.25) is 0 Å². The fourth-order valence-corrected chi connectivity index (χ4v) is 3.44. The van der Waals surface area contributed by atoms with Gasteiger partial charge in [-0.3, -0.25) is 4.79 Å². The number of fused-ring (bicyclic) bond motifs is 1. The zero-order chi connectivity index (χ0) is 21.1. The van der Waals surface area contributed by atoms with Crippen molar-refractivity contribution >= 4 is 28.5 Å². The Bertz CT molecular complexity index is 1250. The number of nitrogens with one attached hydrogen (secondary N) is 1. The Morgan fingerprint density at radius 1 is 0.933 bits per heavy atom. The lowest BCUT2D eigenvalue weighted by Crippen LogP contribution is -2.15. The highest BCUT2D eigenvalue weighted by Gasteiger charge is 2.18. The van der Waals surface area contributed by atoms with E-state index in [1.807, 2.05) is 28.8 Å². The lowest BCUT2D eigenvalue weighted by atomic mass is 10.1. The molecule has 0 spiro atoms. The number of halogens is 1. The number of para-hydroxylation sites is 2. The van der Waals surface area contributed by atoms with Crippen LogP contribution in [0.15, 0.2) is 79.0 Å². The van der Waals surface area contributed by atoms with Gasteiger partial charge in [0.15, 0.2) is 0 Å². The number of methoxy groups -OCH3 is 1. The second-order valence-corrected chi connectivity index (χ2v) is 6.77. The minimum atomic E-state index is -0.534. The monoisotopic (exact) mass is 402 g/mol. The number of nitrogens with zero attached hydrogens (tertiary/aromatic N) is 1. The number of rotatable bonds is 5. The summed E-state index contributed by atoms with van der Waals surface area (Å²) >= 11 is 0. The third-order valence-corrected chi connectivity index (χ3v) is 4.91. The Hall–Kier alpha value is -3.93. The minimum absolute atomic E-state index is 0.267. The quantitative estimate of drug-likeness (QED) is 0.485. The van der Waals surface area contributed by atoms with E-state index in [9.17, 15) is 14.0 Å². The number of benzene rings is 3. The molecule has 3 aromatic carbocycles. The minimum Gasteiger partial charge on any atom is -0.465 e. The topological polar surface area (TPSA) is 60.3 Å². The summed E-state index contributed by atoms with van der Waals surface area (Å²) in [4.78, 5) is 25.1. The van der Waals surface area contributed by atoms with Crippen molar-refractivity contribution in [2.45, 2.75) is 6.54 Å². The van der Waals surface area contributed by atoms with Gasteiger partial charge in [0, 0.05) is 22.7 Å². The van der Waals surface area contributed by atoms with Crippen LogP contribution in [0.1, 0.15) is 26.3 Å². The Morgan fingerprint density at radius 3 is 2.43 bits per heavy atom. The second kappa shape index (κ2) is 8.21. The van der Waals surface area contributed by atoms with Gasteiger partial charge in [-0.2, -0.15) is 0 Å². The van der Waals surface area contributed by atoms with Crippen molar-refractivity contribution in [1.82, 2.24) is 4.57 Å². The predicted octanol–water partition coefficient (Wildman–Crippen LogP) is 4.87. The van der Waals surface area contributed by atoms with Gasteiger partial charge in [0.05, 0.1) is 30.5 Å². The van der Waals surface area contributed by atoms with Gasteiger partial charge in [0.25, 0.3) is 5.91 Å². The van der Waals surface area contributed by atoms with Crippen LogP contribution in [0, 0.1) is 5.82 Å². The molecule has 5 nitrogen and oxygen atoms in total. The molecule has 1 amide bonds. The molecule has 0 radical (unpaired) electrons. The Labute approximate surface area is 172 Å². The molecule has 0 unspecified atom stereocenters. The predicted molar refractivity (Wildman–Crippen MR) is 113 cm³/mol. The third-order valence-electron chi connectivity index (χ3n) is 4.91. The number of hydrogen-bond acceptors (Lipinski definition) is 3. The molecule has 150 valence electrons. The maximum Gasteiger partial charge on any atom is 0.339 e. The van der Waals surface area contributed by atoms with Crippen molar-refractivity contribution in [3.8, 4) is 0 Å². The van der Waals surface area contributed by atoms with E-state index in [4.69, 9.17) is 4.74 Å². The maximum atomic E-state index is 14.1. The molecule has 0 saturated carbocycles. The van der Waals surface area contributed by atoms with Crippen LogP contribution in [-0.2, 0) is 11.3 Å². The van der Waals surface area contributed by atoms with E-state index >= 15 is 0 Å². The second-order valence-electron chi connectivity index (χ2n) is 6.77. The van der Waals surface area contributed by atoms with Crippen molar-refractivity contribution in [1.29, 1.82) is 0 Å². The summed E-state index contributed by atoms with van der Waals surface area (Å²) < 4.78 is 20.8. The fourth-order valence-electron chi connectivity index (χ4n) is 3.44. The van der Waals surface area contributed by atoms with Crippen LogP contribution in [0.3, 0.4) is 0 Å². The number of hydrogen-bond donors (Lipinski definition) is 1. The van der Waals surface area contributed by atoms with Crippen molar-refractivity contribution in [3.05, 3.63) is 102 Å². The van der Waals surface area contributed by atoms with E-state index in [2.05, 4.69) is 5.32 Å². The summed E-state index contributed by atoms with van der Waals surface area (Å²) in [5.41, 5.74) is 2.40. The highest BCUT2D eigenvalue weighted by molar-refractivity contribution is 6.14. The maximum absolute atomic E-state index is 14.1. The summed E-state index contributed by atoms with van der Waals surface area (Å²) in [5, 5.41) is 3.53. The first-order valence-corrected chi connectivity index (χ1v) is 9.38. The number of amides is 1. The van der Waals surface area contributed by atoms with Crippen LogP contribution in [0.25, 0.3) is 10.9 Å². The summed E-state index contributed by atoms with van der Waals surface area (Å²) in [6, 6.07) is 20.6. The molecule has 30 heavy (non-hydrogen) atoms. The molecule has 4 aromatic rings. The summed E-state index contributed by atoms with van der Waals surface area (Å²) in [7, 11) is 1.29. The third kappa shape index (κ3) is 3.67. The zero-order valence-electron chi connectivity index (χ0n) is 16.3. The van der Waals surface area contributed by atoms with E-state index < -0.39 is 5.97 Å². The van der Waals surface area contributed by atoms with Gasteiger partial charge < -0.3 is 14.6 Å². The molecule has 0 bridgehead atoms. The summed E-state index contributed by atoms with van der Waals surface area (Å²) in [6.45, 7) is 0.291. The van der Waals surface area contributed by atoms with Gasteiger partial charge in [-0.15, -0.1) is 0 Å². The highest BCUT2D eigenvalue weighted by Crippen LogP contribution is 2.25. The van der Waals surface area contributed by atoms with Gasteiger partial charge in [-0.25, -0.2) is 9.18 Å². The van der Waals surface area contributed by atoms with Crippen molar-refractivity contribution in [2.24, 2.45) is 0 Å². The van der Waals surface area contributed by atoms with Gasteiger partial charge in [-0.1, -0.05) is 48.5 Å². The molecule has 0 aliphatic carbocycles. The number of carbonyl (C=O) groups excluding carboxylic acids is 2.